The van der Waals surface area contributed by atoms with E-state index in [9.17, 15) is 4.79 Å². The van der Waals surface area contributed by atoms with Gasteiger partial charge in [0, 0.05) is 24.4 Å². The summed E-state index contributed by atoms with van der Waals surface area (Å²) in [7, 11) is 0. The van der Waals surface area contributed by atoms with Crippen LogP contribution in [0.1, 0.15) is 27.2 Å². The average Bonchev–Trinajstić information content (AvgIpc) is 2.44. The molecule has 110 valence electrons. The lowest BCUT2D eigenvalue weighted by Crippen LogP contribution is -2.09. The number of hydrogen-bond acceptors (Lipinski definition) is 4. The normalized spacial score (nSPS) is 12.2. The zero-order chi connectivity index (χ0) is 14.8. The Bertz CT molecular complexity index is 443. The van der Waals surface area contributed by atoms with Gasteiger partial charge < -0.3 is 14.8 Å². The van der Waals surface area contributed by atoms with Crippen LogP contribution in [-0.4, -0.2) is 25.2 Å². The van der Waals surface area contributed by atoms with E-state index in [2.05, 4.69) is 12.2 Å². The first-order chi connectivity index (χ1) is 9.65. The molecule has 0 aromatic heterocycles. The highest BCUT2D eigenvalue weighted by Crippen LogP contribution is 2.18. The summed E-state index contributed by atoms with van der Waals surface area (Å²) in [6.07, 6.45) is 4.34. The summed E-state index contributed by atoms with van der Waals surface area (Å²) in [5, 5.41) is 3.20. The van der Waals surface area contributed by atoms with Crippen LogP contribution < -0.4 is 10.1 Å². The molecular formula is C16H23NO3. The zero-order valence-electron chi connectivity index (χ0n) is 12.4. The Hall–Kier alpha value is -1.97. The zero-order valence-corrected chi connectivity index (χ0v) is 12.4. The number of benzene rings is 1. The number of hydrogen-bond donors (Lipinski definition) is 1. The van der Waals surface area contributed by atoms with Crippen LogP contribution in [0.25, 0.3) is 0 Å². The summed E-state index contributed by atoms with van der Waals surface area (Å²) in [6, 6.07) is 7.78. The maximum Gasteiger partial charge on any atom is 0.330 e. The summed E-state index contributed by atoms with van der Waals surface area (Å²) < 4.78 is 10.5. The highest BCUT2D eigenvalue weighted by molar-refractivity contribution is 5.81. The van der Waals surface area contributed by atoms with Crippen LogP contribution >= 0.6 is 0 Å². The number of carbonyl (C=O) groups is 1. The smallest absolute Gasteiger partial charge is 0.330 e. The second kappa shape index (κ2) is 9.02. The van der Waals surface area contributed by atoms with Crippen molar-refractivity contribution in [2.45, 2.75) is 33.3 Å². The number of nitrogens with one attached hydrogen (secondary N) is 1. The molecule has 4 heteroatoms. The van der Waals surface area contributed by atoms with Crippen LogP contribution in [0, 0.1) is 0 Å². The van der Waals surface area contributed by atoms with E-state index in [4.69, 9.17) is 9.47 Å². The Balaban J connectivity index is 2.44. The Labute approximate surface area is 120 Å². The van der Waals surface area contributed by atoms with E-state index in [1.54, 1.807) is 13.0 Å². The first-order valence-electron chi connectivity index (χ1n) is 6.99. The van der Waals surface area contributed by atoms with Crippen molar-refractivity contribution in [2.24, 2.45) is 0 Å². The quantitative estimate of drug-likeness (QED) is 0.584. The molecule has 0 amide bonds. The second-order valence-corrected chi connectivity index (χ2v) is 4.40. The fourth-order valence-electron chi connectivity index (χ4n) is 1.52. The lowest BCUT2D eigenvalue weighted by Gasteiger charge is -2.13. The monoisotopic (exact) mass is 277 g/mol. The summed E-state index contributed by atoms with van der Waals surface area (Å²) in [5.74, 6) is 0.530. The van der Waals surface area contributed by atoms with Crippen molar-refractivity contribution >= 4 is 11.7 Å². The lowest BCUT2D eigenvalue weighted by molar-refractivity contribution is -0.137. The van der Waals surface area contributed by atoms with E-state index in [0.717, 1.165) is 17.9 Å². The largest absolute Gasteiger partial charge is 0.491 e. The molecule has 4 nitrogen and oxygen atoms in total. The van der Waals surface area contributed by atoms with E-state index in [1.807, 2.05) is 31.2 Å². The van der Waals surface area contributed by atoms with Crippen LogP contribution in [0.5, 0.6) is 5.75 Å². The van der Waals surface area contributed by atoms with Gasteiger partial charge in [0.05, 0.1) is 12.7 Å². The minimum atomic E-state index is -0.317. The third kappa shape index (κ3) is 6.27. The molecule has 1 aromatic rings. The Morgan fingerprint density at radius 1 is 1.40 bits per heavy atom. The minimum Gasteiger partial charge on any atom is -0.491 e. The van der Waals surface area contributed by atoms with Gasteiger partial charge in [-0.25, -0.2) is 4.79 Å². The molecular weight excluding hydrogens is 254 g/mol. The van der Waals surface area contributed by atoms with Crippen LogP contribution in [0.15, 0.2) is 36.4 Å². The van der Waals surface area contributed by atoms with Crippen molar-refractivity contribution in [2.75, 3.05) is 18.5 Å². The third-order valence-corrected chi connectivity index (χ3v) is 2.71. The fourth-order valence-corrected chi connectivity index (χ4v) is 1.52. The van der Waals surface area contributed by atoms with Gasteiger partial charge in [-0.3, -0.25) is 0 Å². The van der Waals surface area contributed by atoms with E-state index in [1.165, 1.54) is 6.08 Å². The molecule has 0 aliphatic rings. The van der Waals surface area contributed by atoms with Crippen molar-refractivity contribution in [3.63, 3.8) is 0 Å². The van der Waals surface area contributed by atoms with Crippen molar-refractivity contribution in [1.82, 2.24) is 0 Å². The van der Waals surface area contributed by atoms with E-state index < -0.39 is 0 Å². The average molecular weight is 277 g/mol. The van der Waals surface area contributed by atoms with Gasteiger partial charge in [0.2, 0.25) is 0 Å². The van der Waals surface area contributed by atoms with Crippen molar-refractivity contribution < 1.29 is 14.3 Å². The first-order valence-corrected chi connectivity index (χ1v) is 6.99. The molecule has 0 saturated heterocycles. The molecule has 0 spiro atoms. The molecule has 1 N–H and O–H groups in total. The molecule has 0 aliphatic carbocycles. The minimum absolute atomic E-state index is 0.203. The van der Waals surface area contributed by atoms with Crippen LogP contribution in [0.4, 0.5) is 5.69 Å². The predicted molar refractivity (Wildman–Crippen MR) is 81.1 cm³/mol. The molecule has 20 heavy (non-hydrogen) atoms. The Morgan fingerprint density at radius 2 is 2.20 bits per heavy atom. The summed E-state index contributed by atoms with van der Waals surface area (Å²) in [6.45, 7) is 6.87. The van der Waals surface area contributed by atoms with E-state index in [0.29, 0.717) is 13.2 Å². The SMILES string of the molecule is CCOC(=O)/C=C/CNc1cccc(OC(C)CC)c1. The van der Waals surface area contributed by atoms with Crippen molar-refractivity contribution in [3.8, 4) is 5.75 Å². The number of ether oxygens (including phenoxy) is 2. The fraction of sp³-hybridized carbons (Fsp3) is 0.438. The summed E-state index contributed by atoms with van der Waals surface area (Å²) in [5.41, 5.74) is 0.958. The third-order valence-electron chi connectivity index (χ3n) is 2.71. The molecule has 0 bridgehead atoms. The predicted octanol–water partition coefficient (Wildman–Crippen LogP) is 3.40. The van der Waals surface area contributed by atoms with Gasteiger partial charge in [0.25, 0.3) is 0 Å². The number of rotatable bonds is 8. The van der Waals surface area contributed by atoms with Crippen LogP contribution in [0.3, 0.4) is 0 Å². The molecule has 0 radical (unpaired) electrons. The van der Waals surface area contributed by atoms with Gasteiger partial charge >= 0.3 is 5.97 Å². The number of carbonyl (C=O) groups excluding carboxylic acids is 1. The van der Waals surface area contributed by atoms with Crippen molar-refractivity contribution in [1.29, 1.82) is 0 Å². The summed E-state index contributed by atoms with van der Waals surface area (Å²) in [4.78, 5) is 11.1. The van der Waals surface area contributed by atoms with Gasteiger partial charge in [-0.2, -0.15) is 0 Å². The highest BCUT2D eigenvalue weighted by atomic mass is 16.5. The van der Waals surface area contributed by atoms with Crippen molar-refractivity contribution in [3.05, 3.63) is 36.4 Å². The second-order valence-electron chi connectivity index (χ2n) is 4.40. The lowest BCUT2D eigenvalue weighted by atomic mass is 10.2. The van der Waals surface area contributed by atoms with Crippen LogP contribution in [-0.2, 0) is 9.53 Å². The molecule has 1 rings (SSSR count). The number of esters is 1. The Kier molecular flexibility index (Phi) is 7.25. The molecule has 0 aliphatic heterocycles. The topological polar surface area (TPSA) is 47.6 Å². The first kappa shape index (κ1) is 16.1. The summed E-state index contributed by atoms with van der Waals surface area (Å²) >= 11 is 0. The molecule has 1 atom stereocenters. The molecule has 0 heterocycles. The van der Waals surface area contributed by atoms with Gasteiger partial charge in [-0.1, -0.05) is 19.1 Å². The van der Waals surface area contributed by atoms with Gasteiger partial charge in [0.15, 0.2) is 0 Å². The molecule has 1 unspecified atom stereocenters. The standard InChI is InChI=1S/C16H23NO3/c1-4-13(3)20-15-9-6-8-14(12-15)17-11-7-10-16(18)19-5-2/h6-10,12-13,17H,4-5,11H2,1-3H3/b10-7+. The van der Waals surface area contributed by atoms with Gasteiger partial charge in [0.1, 0.15) is 5.75 Å². The Morgan fingerprint density at radius 3 is 2.90 bits per heavy atom. The molecule has 0 saturated carbocycles. The maximum atomic E-state index is 11.1. The highest BCUT2D eigenvalue weighted by Gasteiger charge is 2.01. The molecule has 1 aromatic carbocycles. The number of anilines is 1. The van der Waals surface area contributed by atoms with E-state index >= 15 is 0 Å². The molecule has 0 fully saturated rings. The van der Waals surface area contributed by atoms with Gasteiger partial charge in [-0.15, -0.1) is 0 Å². The van der Waals surface area contributed by atoms with Crippen LogP contribution in [0.2, 0.25) is 0 Å². The van der Waals surface area contributed by atoms with Gasteiger partial charge in [-0.05, 0) is 32.4 Å². The maximum absolute atomic E-state index is 11.1. The van der Waals surface area contributed by atoms with E-state index in [-0.39, 0.29) is 12.1 Å².